The Bertz CT molecular complexity index is 388. The molecule has 0 bridgehead atoms. The highest BCUT2D eigenvalue weighted by Crippen LogP contribution is 2.22. The third-order valence-electron chi connectivity index (χ3n) is 2.99. The molecule has 3 nitrogen and oxygen atoms in total. The first kappa shape index (κ1) is 11.1. The number of fused-ring (bicyclic) bond motifs is 1. The Balaban J connectivity index is 1.97. The van der Waals surface area contributed by atoms with E-state index in [1.807, 2.05) is 0 Å². The van der Waals surface area contributed by atoms with E-state index in [0.29, 0.717) is 19.5 Å². The molecule has 86 valence electrons. The van der Waals surface area contributed by atoms with Crippen molar-refractivity contribution in [1.29, 1.82) is 0 Å². The molecule has 0 heterocycles. The molecule has 1 aliphatic carbocycles. The average Bonchev–Trinajstić information content (AvgIpc) is 2.73. The van der Waals surface area contributed by atoms with Crippen LogP contribution >= 0.6 is 0 Å². The van der Waals surface area contributed by atoms with E-state index >= 15 is 0 Å². The maximum atomic E-state index is 11.5. The zero-order valence-electron chi connectivity index (χ0n) is 9.46. The van der Waals surface area contributed by atoms with Crippen LogP contribution < -0.4 is 11.1 Å². The van der Waals surface area contributed by atoms with Crippen molar-refractivity contribution in [3.63, 3.8) is 0 Å². The van der Waals surface area contributed by atoms with E-state index in [2.05, 4.69) is 23.5 Å². The molecule has 2 rings (SSSR count). The lowest BCUT2D eigenvalue weighted by Gasteiger charge is -2.05. The van der Waals surface area contributed by atoms with Crippen LogP contribution in [-0.2, 0) is 24.1 Å². The summed E-state index contributed by atoms with van der Waals surface area (Å²) in [4.78, 5) is 11.5. The number of carbonyl (C=O) groups excluding carboxylic acids is 1. The van der Waals surface area contributed by atoms with Crippen LogP contribution in [0.1, 0.15) is 23.1 Å². The van der Waals surface area contributed by atoms with Crippen molar-refractivity contribution in [2.75, 3.05) is 13.1 Å². The fourth-order valence-corrected chi connectivity index (χ4v) is 2.19. The summed E-state index contributed by atoms with van der Waals surface area (Å²) in [5, 5.41) is 2.78. The first-order valence-corrected chi connectivity index (χ1v) is 5.87. The van der Waals surface area contributed by atoms with Gasteiger partial charge in [0.2, 0.25) is 5.91 Å². The zero-order valence-corrected chi connectivity index (χ0v) is 9.46. The molecule has 1 amide bonds. The molecule has 1 aliphatic rings. The molecule has 3 N–H and O–H groups in total. The van der Waals surface area contributed by atoms with E-state index in [1.165, 1.54) is 24.0 Å². The van der Waals surface area contributed by atoms with E-state index in [-0.39, 0.29) is 5.91 Å². The minimum Gasteiger partial charge on any atom is -0.355 e. The van der Waals surface area contributed by atoms with Gasteiger partial charge in [0.25, 0.3) is 0 Å². The third-order valence-corrected chi connectivity index (χ3v) is 2.99. The van der Waals surface area contributed by atoms with Crippen molar-refractivity contribution < 1.29 is 4.79 Å². The van der Waals surface area contributed by atoms with E-state index in [0.717, 1.165) is 12.0 Å². The highest BCUT2D eigenvalue weighted by atomic mass is 16.1. The summed E-state index contributed by atoms with van der Waals surface area (Å²) in [5.74, 6) is 0.0587. The van der Waals surface area contributed by atoms with Gasteiger partial charge >= 0.3 is 0 Å². The number of hydrogen-bond acceptors (Lipinski definition) is 2. The standard InChI is InChI=1S/C13H18N2O/c14-6-7-15-13(16)9-10-4-5-11-2-1-3-12(11)8-10/h4-5,8H,1-3,6-7,9,14H2,(H,15,16). The van der Waals surface area contributed by atoms with Crippen LogP contribution in [0.25, 0.3) is 0 Å². The van der Waals surface area contributed by atoms with Crippen molar-refractivity contribution in [2.24, 2.45) is 5.73 Å². The van der Waals surface area contributed by atoms with Crippen molar-refractivity contribution in [3.8, 4) is 0 Å². The summed E-state index contributed by atoms with van der Waals surface area (Å²) >= 11 is 0. The summed E-state index contributed by atoms with van der Waals surface area (Å²) in [5.41, 5.74) is 9.31. The molecule has 3 heteroatoms. The van der Waals surface area contributed by atoms with E-state index in [9.17, 15) is 4.79 Å². The molecule has 0 atom stereocenters. The molecule has 0 spiro atoms. The van der Waals surface area contributed by atoms with Crippen LogP contribution in [0, 0.1) is 0 Å². The molecule has 16 heavy (non-hydrogen) atoms. The maximum Gasteiger partial charge on any atom is 0.224 e. The van der Waals surface area contributed by atoms with E-state index in [4.69, 9.17) is 5.73 Å². The van der Waals surface area contributed by atoms with Gasteiger partial charge in [-0.3, -0.25) is 4.79 Å². The Morgan fingerprint density at radius 2 is 2.12 bits per heavy atom. The molecule has 0 unspecified atom stereocenters. The number of aryl methyl sites for hydroxylation is 2. The van der Waals surface area contributed by atoms with Crippen LogP contribution in [0.4, 0.5) is 0 Å². The van der Waals surface area contributed by atoms with Gasteiger partial charge in [-0.25, -0.2) is 0 Å². The van der Waals surface area contributed by atoms with Gasteiger partial charge in [0.05, 0.1) is 6.42 Å². The molecule has 1 aromatic carbocycles. The van der Waals surface area contributed by atoms with Crippen molar-refractivity contribution >= 4 is 5.91 Å². The summed E-state index contributed by atoms with van der Waals surface area (Å²) in [7, 11) is 0. The van der Waals surface area contributed by atoms with Crippen LogP contribution in [0.5, 0.6) is 0 Å². The number of carbonyl (C=O) groups is 1. The number of benzene rings is 1. The number of nitrogens with two attached hydrogens (primary N) is 1. The molecule has 0 saturated heterocycles. The first-order valence-electron chi connectivity index (χ1n) is 5.87. The Morgan fingerprint density at radius 3 is 2.94 bits per heavy atom. The summed E-state index contributed by atoms with van der Waals surface area (Å²) in [6.07, 6.45) is 4.06. The summed E-state index contributed by atoms with van der Waals surface area (Å²) in [6.45, 7) is 1.06. The molecule has 1 aromatic rings. The molecule has 0 fully saturated rings. The lowest BCUT2D eigenvalue weighted by molar-refractivity contribution is -0.120. The molecule has 0 saturated carbocycles. The second-order valence-corrected chi connectivity index (χ2v) is 4.27. The van der Waals surface area contributed by atoms with Crippen LogP contribution in [-0.4, -0.2) is 19.0 Å². The van der Waals surface area contributed by atoms with Gasteiger partial charge in [0.1, 0.15) is 0 Å². The van der Waals surface area contributed by atoms with Crippen molar-refractivity contribution in [2.45, 2.75) is 25.7 Å². The average molecular weight is 218 g/mol. The van der Waals surface area contributed by atoms with Gasteiger partial charge in [-0.15, -0.1) is 0 Å². The zero-order chi connectivity index (χ0) is 11.4. The van der Waals surface area contributed by atoms with E-state index in [1.54, 1.807) is 0 Å². The molecule has 0 radical (unpaired) electrons. The quantitative estimate of drug-likeness (QED) is 0.785. The largest absolute Gasteiger partial charge is 0.355 e. The fourth-order valence-electron chi connectivity index (χ4n) is 2.19. The van der Waals surface area contributed by atoms with Crippen LogP contribution in [0.3, 0.4) is 0 Å². The number of rotatable bonds is 4. The van der Waals surface area contributed by atoms with Crippen LogP contribution in [0.2, 0.25) is 0 Å². The monoisotopic (exact) mass is 218 g/mol. The Hall–Kier alpha value is -1.35. The van der Waals surface area contributed by atoms with Crippen LogP contribution in [0.15, 0.2) is 18.2 Å². The predicted octanol–water partition coefficient (Wildman–Crippen LogP) is 0.793. The lowest BCUT2D eigenvalue weighted by atomic mass is 10.0. The highest BCUT2D eigenvalue weighted by Gasteiger charge is 2.11. The molecular formula is C13H18N2O. The Kier molecular flexibility index (Phi) is 3.57. The first-order chi connectivity index (χ1) is 7.79. The van der Waals surface area contributed by atoms with Gasteiger partial charge < -0.3 is 11.1 Å². The number of hydrogen-bond donors (Lipinski definition) is 2. The topological polar surface area (TPSA) is 55.1 Å². The third kappa shape index (κ3) is 2.61. The molecule has 0 aromatic heterocycles. The second-order valence-electron chi connectivity index (χ2n) is 4.27. The predicted molar refractivity (Wildman–Crippen MR) is 64.2 cm³/mol. The smallest absolute Gasteiger partial charge is 0.224 e. The number of nitrogens with one attached hydrogen (secondary N) is 1. The Morgan fingerprint density at radius 1 is 1.31 bits per heavy atom. The molecular weight excluding hydrogens is 200 g/mol. The van der Waals surface area contributed by atoms with Gasteiger partial charge in [-0.2, -0.15) is 0 Å². The van der Waals surface area contributed by atoms with Gasteiger partial charge in [0.15, 0.2) is 0 Å². The number of amides is 1. The normalized spacial score (nSPS) is 13.6. The van der Waals surface area contributed by atoms with E-state index < -0.39 is 0 Å². The lowest BCUT2D eigenvalue weighted by Crippen LogP contribution is -2.30. The van der Waals surface area contributed by atoms with Crippen molar-refractivity contribution in [3.05, 3.63) is 34.9 Å². The maximum absolute atomic E-state index is 11.5. The minimum atomic E-state index is 0.0587. The minimum absolute atomic E-state index is 0.0587. The Labute approximate surface area is 96.0 Å². The van der Waals surface area contributed by atoms with Crippen molar-refractivity contribution in [1.82, 2.24) is 5.32 Å². The summed E-state index contributed by atoms with van der Waals surface area (Å²) in [6, 6.07) is 6.39. The summed E-state index contributed by atoms with van der Waals surface area (Å²) < 4.78 is 0. The second kappa shape index (κ2) is 5.12. The molecule has 0 aliphatic heterocycles. The fraction of sp³-hybridized carbons (Fsp3) is 0.462. The van der Waals surface area contributed by atoms with Gasteiger partial charge in [-0.05, 0) is 36.0 Å². The van der Waals surface area contributed by atoms with Gasteiger partial charge in [0, 0.05) is 13.1 Å². The van der Waals surface area contributed by atoms with Gasteiger partial charge in [-0.1, -0.05) is 18.2 Å². The SMILES string of the molecule is NCCNC(=O)Cc1ccc2c(c1)CCC2. The highest BCUT2D eigenvalue weighted by molar-refractivity contribution is 5.78.